The topological polar surface area (TPSA) is 100.0 Å². The van der Waals surface area contributed by atoms with E-state index in [4.69, 9.17) is 0 Å². The number of nitrogens with zero attached hydrogens (tertiary/aromatic N) is 4. The van der Waals surface area contributed by atoms with Crippen LogP contribution in [-0.2, 0) is 0 Å². The first-order valence-corrected chi connectivity index (χ1v) is 10.3. The fraction of sp³-hybridized carbons (Fsp3) is 0.368. The Labute approximate surface area is 166 Å². The number of aryl methyl sites for hydroxylation is 1. The van der Waals surface area contributed by atoms with E-state index in [1.807, 2.05) is 19.1 Å². The van der Waals surface area contributed by atoms with Gasteiger partial charge in [-0.05, 0) is 43.5 Å². The first-order chi connectivity index (χ1) is 13.6. The second-order valence-corrected chi connectivity index (χ2v) is 7.91. The number of nitro groups is 1. The summed E-state index contributed by atoms with van der Waals surface area (Å²) in [5, 5.41) is 15.3. The van der Waals surface area contributed by atoms with Gasteiger partial charge in [-0.1, -0.05) is 17.8 Å². The van der Waals surface area contributed by atoms with Crippen molar-refractivity contribution in [3.05, 3.63) is 46.0 Å². The van der Waals surface area contributed by atoms with Crippen molar-refractivity contribution in [3.8, 4) is 0 Å². The molecule has 0 radical (unpaired) electrons. The van der Waals surface area contributed by atoms with Crippen LogP contribution in [0, 0.1) is 17.0 Å². The molecule has 0 aliphatic carbocycles. The van der Waals surface area contributed by atoms with Gasteiger partial charge in [0.05, 0.1) is 16.0 Å². The summed E-state index contributed by atoms with van der Waals surface area (Å²) in [6, 6.07) is 9.39. The lowest BCUT2D eigenvalue weighted by atomic mass is 10.2. The average molecular weight is 398 g/mol. The second kappa shape index (κ2) is 8.05. The zero-order valence-electron chi connectivity index (χ0n) is 15.6. The summed E-state index contributed by atoms with van der Waals surface area (Å²) in [5.74, 6) is 1.84. The molecule has 0 bridgehead atoms. The van der Waals surface area contributed by atoms with E-state index in [2.05, 4.69) is 31.2 Å². The van der Waals surface area contributed by atoms with Crippen molar-refractivity contribution in [2.75, 3.05) is 35.6 Å². The van der Waals surface area contributed by atoms with E-state index in [1.165, 1.54) is 11.6 Å². The van der Waals surface area contributed by atoms with Gasteiger partial charge in [0.2, 0.25) is 5.82 Å². The van der Waals surface area contributed by atoms with Gasteiger partial charge in [0.25, 0.3) is 0 Å². The predicted molar refractivity (Wildman–Crippen MR) is 112 cm³/mol. The van der Waals surface area contributed by atoms with E-state index < -0.39 is 4.92 Å². The Balaban J connectivity index is 1.40. The van der Waals surface area contributed by atoms with E-state index in [-0.39, 0.29) is 5.69 Å². The van der Waals surface area contributed by atoms with Gasteiger partial charge in [-0.3, -0.25) is 10.1 Å². The van der Waals surface area contributed by atoms with Gasteiger partial charge in [0.15, 0.2) is 5.16 Å². The minimum atomic E-state index is -0.391. The molecule has 2 aromatic heterocycles. The molecule has 1 fully saturated rings. The molecule has 146 valence electrons. The van der Waals surface area contributed by atoms with Crippen LogP contribution in [0.25, 0.3) is 11.0 Å². The molecule has 4 rings (SSSR count). The van der Waals surface area contributed by atoms with Gasteiger partial charge in [-0.2, -0.15) is 0 Å². The number of imidazole rings is 1. The molecule has 0 saturated carbocycles. The molecule has 9 heteroatoms. The summed E-state index contributed by atoms with van der Waals surface area (Å²) in [4.78, 5) is 25.5. The van der Waals surface area contributed by atoms with Crippen molar-refractivity contribution in [2.45, 2.75) is 24.9 Å². The molecule has 0 unspecified atom stereocenters. The first-order valence-electron chi connectivity index (χ1n) is 9.33. The van der Waals surface area contributed by atoms with Crippen molar-refractivity contribution >= 4 is 40.1 Å². The molecular weight excluding hydrogens is 376 g/mol. The number of aromatic nitrogens is 3. The molecule has 0 atom stereocenters. The lowest BCUT2D eigenvalue weighted by molar-refractivity contribution is -0.384. The number of hydrogen-bond donors (Lipinski definition) is 2. The molecular formula is C19H22N6O2S. The number of nitrogens with one attached hydrogen (secondary N) is 2. The van der Waals surface area contributed by atoms with E-state index >= 15 is 0 Å². The maximum atomic E-state index is 11.3. The van der Waals surface area contributed by atoms with Crippen LogP contribution in [0.1, 0.15) is 18.4 Å². The number of aromatic amines is 1. The van der Waals surface area contributed by atoms with Crippen molar-refractivity contribution in [2.24, 2.45) is 0 Å². The minimum Gasteiger partial charge on any atom is -0.363 e. The van der Waals surface area contributed by atoms with Gasteiger partial charge in [0, 0.05) is 31.5 Å². The first kappa shape index (κ1) is 18.5. The van der Waals surface area contributed by atoms with Crippen LogP contribution in [-0.4, -0.2) is 45.3 Å². The fourth-order valence-corrected chi connectivity index (χ4v) is 4.07. The van der Waals surface area contributed by atoms with Crippen molar-refractivity contribution in [1.82, 2.24) is 15.0 Å². The Kier molecular flexibility index (Phi) is 5.34. The predicted octanol–water partition coefficient (Wildman–Crippen LogP) is 3.98. The van der Waals surface area contributed by atoms with Gasteiger partial charge in [-0.15, -0.1) is 0 Å². The second-order valence-electron chi connectivity index (χ2n) is 6.83. The number of H-pyrrole nitrogens is 1. The SMILES string of the molecule is Cc1ccc2nc(SCCNc3nc(N4CCCC4)ccc3[N+](=O)[O-])[nH]c2c1. The monoisotopic (exact) mass is 398 g/mol. The molecule has 8 nitrogen and oxygen atoms in total. The molecule has 1 aliphatic rings. The lowest BCUT2D eigenvalue weighted by Crippen LogP contribution is -2.20. The molecule has 1 aliphatic heterocycles. The molecule has 1 aromatic carbocycles. The lowest BCUT2D eigenvalue weighted by Gasteiger charge is -2.17. The summed E-state index contributed by atoms with van der Waals surface area (Å²) >= 11 is 1.58. The largest absolute Gasteiger partial charge is 0.363 e. The van der Waals surface area contributed by atoms with Crippen LogP contribution in [0.15, 0.2) is 35.5 Å². The highest BCUT2D eigenvalue weighted by Gasteiger charge is 2.20. The Bertz CT molecular complexity index is 999. The highest BCUT2D eigenvalue weighted by atomic mass is 32.2. The fourth-order valence-electron chi connectivity index (χ4n) is 3.33. The van der Waals surface area contributed by atoms with Crippen molar-refractivity contribution in [3.63, 3.8) is 0 Å². The summed E-state index contributed by atoms with van der Waals surface area (Å²) < 4.78 is 0. The summed E-state index contributed by atoms with van der Waals surface area (Å²) in [6.45, 7) is 4.50. The maximum Gasteiger partial charge on any atom is 0.311 e. The number of hydrogen-bond acceptors (Lipinski definition) is 7. The van der Waals surface area contributed by atoms with E-state index in [1.54, 1.807) is 17.8 Å². The molecule has 2 N–H and O–H groups in total. The third-order valence-electron chi connectivity index (χ3n) is 4.73. The molecule has 3 heterocycles. The van der Waals surface area contributed by atoms with Crippen LogP contribution in [0.5, 0.6) is 0 Å². The Morgan fingerprint density at radius 1 is 1.25 bits per heavy atom. The van der Waals surface area contributed by atoms with E-state index in [9.17, 15) is 10.1 Å². The van der Waals surface area contributed by atoms with Crippen LogP contribution < -0.4 is 10.2 Å². The summed E-state index contributed by atoms with van der Waals surface area (Å²) in [5.41, 5.74) is 3.15. The molecule has 3 aromatic rings. The Morgan fingerprint density at radius 2 is 2.07 bits per heavy atom. The van der Waals surface area contributed by atoms with Crippen LogP contribution >= 0.6 is 11.8 Å². The average Bonchev–Trinajstić information content (AvgIpc) is 3.34. The zero-order chi connectivity index (χ0) is 19.5. The van der Waals surface area contributed by atoms with E-state index in [0.29, 0.717) is 18.1 Å². The van der Waals surface area contributed by atoms with Gasteiger partial charge < -0.3 is 15.2 Å². The molecule has 0 spiro atoms. The van der Waals surface area contributed by atoms with Crippen molar-refractivity contribution < 1.29 is 4.92 Å². The Hall–Kier alpha value is -2.81. The summed E-state index contributed by atoms with van der Waals surface area (Å²) in [7, 11) is 0. The van der Waals surface area contributed by atoms with Gasteiger partial charge in [0.1, 0.15) is 5.82 Å². The normalized spacial score (nSPS) is 14.0. The van der Waals surface area contributed by atoms with Crippen LogP contribution in [0.3, 0.4) is 0 Å². The molecule has 28 heavy (non-hydrogen) atoms. The quantitative estimate of drug-likeness (QED) is 0.269. The Morgan fingerprint density at radius 3 is 2.86 bits per heavy atom. The highest BCUT2D eigenvalue weighted by molar-refractivity contribution is 7.99. The van der Waals surface area contributed by atoms with E-state index in [0.717, 1.165) is 47.9 Å². The number of thioether (sulfide) groups is 1. The standard InChI is InChI=1S/C19H22N6O2S/c1-13-4-5-14-15(12-13)22-19(21-14)28-11-8-20-18-16(25(26)27)6-7-17(23-18)24-9-2-3-10-24/h4-7,12H,2-3,8-11H2,1H3,(H,20,23)(H,21,22). The van der Waals surface area contributed by atoms with Crippen LogP contribution in [0.4, 0.5) is 17.3 Å². The number of fused-ring (bicyclic) bond motifs is 1. The van der Waals surface area contributed by atoms with Gasteiger partial charge >= 0.3 is 5.69 Å². The van der Waals surface area contributed by atoms with Crippen LogP contribution in [0.2, 0.25) is 0 Å². The number of rotatable bonds is 7. The highest BCUT2D eigenvalue weighted by Crippen LogP contribution is 2.27. The van der Waals surface area contributed by atoms with Crippen molar-refractivity contribution in [1.29, 1.82) is 0 Å². The third kappa shape index (κ3) is 4.04. The summed E-state index contributed by atoms with van der Waals surface area (Å²) in [6.07, 6.45) is 2.27. The number of pyridine rings is 1. The zero-order valence-corrected chi connectivity index (χ0v) is 16.5. The maximum absolute atomic E-state index is 11.3. The smallest absolute Gasteiger partial charge is 0.311 e. The minimum absolute atomic E-state index is 0.00663. The number of anilines is 2. The number of benzene rings is 1. The third-order valence-corrected chi connectivity index (χ3v) is 5.61. The van der Waals surface area contributed by atoms with Gasteiger partial charge in [-0.25, -0.2) is 9.97 Å². The molecule has 1 saturated heterocycles. The molecule has 0 amide bonds.